The third-order valence-corrected chi connectivity index (χ3v) is 8.94. The number of thiol groups is 1. The molecule has 0 saturated heterocycles. The predicted octanol–water partition coefficient (Wildman–Crippen LogP) is 5.05. The topological polar surface area (TPSA) is 24.9 Å². The maximum absolute atomic E-state index is 6.51. The van der Waals surface area contributed by atoms with Crippen molar-refractivity contribution in [3.8, 4) is 0 Å². The van der Waals surface area contributed by atoms with Gasteiger partial charge in [-0.2, -0.15) is 12.6 Å². The van der Waals surface area contributed by atoms with Gasteiger partial charge in [0, 0.05) is 26.3 Å². The van der Waals surface area contributed by atoms with Gasteiger partial charge in [-0.05, 0) is 52.5 Å². The molecule has 0 saturated carbocycles. The minimum atomic E-state index is -2.13. The Labute approximate surface area is 177 Å². The summed E-state index contributed by atoms with van der Waals surface area (Å²) < 4.78 is 13.0. The summed E-state index contributed by atoms with van der Waals surface area (Å²) in [6.07, 6.45) is 11.9. The highest BCUT2D eigenvalue weighted by molar-refractivity contribution is 7.80. The van der Waals surface area contributed by atoms with Crippen molar-refractivity contribution < 1.29 is 8.85 Å². The monoisotopic (exact) mass is 420 g/mol. The molecule has 0 aromatic rings. The summed E-state index contributed by atoms with van der Waals surface area (Å²) in [6, 6.07) is 2.21. The molecule has 0 N–H and O–H groups in total. The third kappa shape index (κ3) is 17.0. The normalized spacial score (nSPS) is 12.4. The Morgan fingerprint density at radius 2 is 1.11 bits per heavy atom. The predicted molar refractivity (Wildman–Crippen MR) is 125 cm³/mol. The summed E-state index contributed by atoms with van der Waals surface area (Å²) >= 11 is 4.44. The van der Waals surface area contributed by atoms with Gasteiger partial charge in [-0.25, -0.2) is 0 Å². The third-order valence-electron chi connectivity index (χ3n) is 4.93. The van der Waals surface area contributed by atoms with Crippen LogP contribution in [0.1, 0.15) is 64.7 Å². The minimum absolute atomic E-state index is 0.783. The van der Waals surface area contributed by atoms with Crippen LogP contribution in [0.4, 0.5) is 0 Å². The fourth-order valence-corrected chi connectivity index (χ4v) is 6.96. The SMILES string of the molecule is CCCCCCCCCC[Si](CCCS)(OCCN(C)C)OCCN(C)C. The van der Waals surface area contributed by atoms with Crippen molar-refractivity contribution >= 4 is 21.2 Å². The van der Waals surface area contributed by atoms with Gasteiger partial charge in [-0.15, -0.1) is 0 Å². The first-order valence-electron chi connectivity index (χ1n) is 11.1. The largest absolute Gasteiger partial charge is 0.393 e. The van der Waals surface area contributed by atoms with Crippen LogP contribution in [-0.4, -0.2) is 78.6 Å². The first kappa shape index (κ1) is 27.4. The van der Waals surface area contributed by atoms with Crippen LogP contribution in [0.15, 0.2) is 0 Å². The molecule has 0 spiro atoms. The maximum Gasteiger partial charge on any atom is 0.338 e. The molecule has 0 radical (unpaired) electrons. The molecule has 0 unspecified atom stereocenters. The average molecular weight is 421 g/mol. The highest BCUT2D eigenvalue weighted by Gasteiger charge is 2.36. The highest BCUT2D eigenvalue weighted by atomic mass is 32.1. The summed E-state index contributed by atoms with van der Waals surface area (Å²) in [4.78, 5) is 4.38. The average Bonchev–Trinajstić information content (AvgIpc) is 2.61. The van der Waals surface area contributed by atoms with Gasteiger partial charge in [0.15, 0.2) is 0 Å². The molecule has 6 heteroatoms. The molecular weight excluding hydrogens is 372 g/mol. The lowest BCUT2D eigenvalue weighted by atomic mass is 10.1. The Balaban J connectivity index is 4.48. The van der Waals surface area contributed by atoms with Crippen molar-refractivity contribution in [3.05, 3.63) is 0 Å². The lowest BCUT2D eigenvalue weighted by Gasteiger charge is -2.32. The van der Waals surface area contributed by atoms with E-state index in [0.717, 1.165) is 50.6 Å². The zero-order valence-corrected chi connectivity index (χ0v) is 20.9. The maximum atomic E-state index is 6.51. The van der Waals surface area contributed by atoms with E-state index in [0.29, 0.717) is 0 Å². The first-order chi connectivity index (χ1) is 13.0. The number of rotatable bonds is 20. The van der Waals surface area contributed by atoms with E-state index in [4.69, 9.17) is 8.85 Å². The molecular formula is C21H48N2O2SSi. The van der Waals surface area contributed by atoms with Crippen LogP contribution in [0.3, 0.4) is 0 Å². The van der Waals surface area contributed by atoms with Crippen LogP contribution in [-0.2, 0) is 8.85 Å². The molecule has 0 bridgehead atoms. The van der Waals surface area contributed by atoms with E-state index in [1.165, 1.54) is 51.4 Å². The van der Waals surface area contributed by atoms with Crippen molar-refractivity contribution in [2.45, 2.75) is 76.8 Å². The van der Waals surface area contributed by atoms with Gasteiger partial charge < -0.3 is 18.7 Å². The highest BCUT2D eigenvalue weighted by Crippen LogP contribution is 2.25. The molecule has 0 aliphatic rings. The van der Waals surface area contributed by atoms with Crippen molar-refractivity contribution in [1.29, 1.82) is 0 Å². The Kier molecular flexibility index (Phi) is 18.7. The van der Waals surface area contributed by atoms with Crippen molar-refractivity contribution in [2.24, 2.45) is 0 Å². The van der Waals surface area contributed by atoms with Gasteiger partial charge in [0.25, 0.3) is 0 Å². The Hall–Kier alpha value is 0.407. The van der Waals surface area contributed by atoms with Gasteiger partial charge in [0.05, 0.1) is 0 Å². The summed E-state index contributed by atoms with van der Waals surface area (Å²) in [5.41, 5.74) is 0. The van der Waals surface area contributed by atoms with Crippen LogP contribution in [0.5, 0.6) is 0 Å². The van der Waals surface area contributed by atoms with E-state index in [1.807, 2.05) is 0 Å². The van der Waals surface area contributed by atoms with Gasteiger partial charge in [0.2, 0.25) is 0 Å². The summed E-state index contributed by atoms with van der Waals surface area (Å²) in [5.74, 6) is 0.917. The second-order valence-electron chi connectivity index (χ2n) is 8.27. The van der Waals surface area contributed by atoms with Crippen molar-refractivity contribution in [2.75, 3.05) is 60.2 Å². The number of hydrogen-bond acceptors (Lipinski definition) is 5. The van der Waals surface area contributed by atoms with Crippen molar-refractivity contribution in [3.63, 3.8) is 0 Å². The van der Waals surface area contributed by atoms with Crippen LogP contribution >= 0.6 is 12.6 Å². The Morgan fingerprint density at radius 3 is 1.56 bits per heavy atom. The Bertz CT molecular complexity index is 307. The molecule has 0 fully saturated rings. The van der Waals surface area contributed by atoms with E-state index in [-0.39, 0.29) is 0 Å². The molecule has 0 atom stereocenters. The van der Waals surface area contributed by atoms with Crippen LogP contribution < -0.4 is 0 Å². The minimum Gasteiger partial charge on any atom is -0.393 e. The van der Waals surface area contributed by atoms with E-state index in [1.54, 1.807) is 0 Å². The number of likely N-dealkylation sites (N-methyl/N-ethyl adjacent to an activating group) is 2. The smallest absolute Gasteiger partial charge is 0.338 e. The molecule has 4 nitrogen and oxygen atoms in total. The summed E-state index contributed by atoms with van der Waals surface area (Å²) in [5, 5.41) is 0. The standard InChI is InChI=1S/C21H48N2O2SSi/c1-6-7-8-9-10-11-12-13-20-27(21-14-19-26,24-17-15-22(2)3)25-18-16-23(4)5/h26H,6-21H2,1-5H3. The second kappa shape index (κ2) is 18.4. The van der Waals surface area contributed by atoms with Crippen LogP contribution in [0, 0.1) is 0 Å². The fraction of sp³-hybridized carbons (Fsp3) is 1.00. The molecule has 164 valence electrons. The summed E-state index contributed by atoms with van der Waals surface area (Å²) in [7, 11) is 6.28. The molecule has 0 aliphatic carbocycles. The lowest BCUT2D eigenvalue weighted by Crippen LogP contribution is -2.45. The molecule has 0 rings (SSSR count). The second-order valence-corrected chi connectivity index (χ2v) is 12.1. The van der Waals surface area contributed by atoms with E-state index < -0.39 is 8.56 Å². The van der Waals surface area contributed by atoms with Gasteiger partial charge in [-0.3, -0.25) is 0 Å². The molecule has 0 amide bonds. The first-order valence-corrected chi connectivity index (χ1v) is 14.0. The number of nitrogens with zero attached hydrogens (tertiary/aromatic N) is 2. The van der Waals surface area contributed by atoms with E-state index in [2.05, 4.69) is 57.5 Å². The van der Waals surface area contributed by atoms with E-state index >= 15 is 0 Å². The molecule has 0 aromatic carbocycles. The zero-order valence-electron chi connectivity index (χ0n) is 19.0. The number of hydrogen-bond donors (Lipinski definition) is 1. The molecule has 0 aromatic heterocycles. The van der Waals surface area contributed by atoms with Gasteiger partial charge >= 0.3 is 8.56 Å². The Morgan fingerprint density at radius 1 is 0.667 bits per heavy atom. The van der Waals surface area contributed by atoms with Crippen LogP contribution in [0.25, 0.3) is 0 Å². The zero-order chi connectivity index (χ0) is 20.4. The van der Waals surface area contributed by atoms with E-state index in [9.17, 15) is 0 Å². The fourth-order valence-electron chi connectivity index (χ4n) is 3.16. The van der Waals surface area contributed by atoms with Gasteiger partial charge in [-0.1, -0.05) is 58.3 Å². The molecule has 0 heterocycles. The lowest BCUT2D eigenvalue weighted by molar-refractivity contribution is 0.143. The van der Waals surface area contributed by atoms with Crippen LogP contribution in [0.2, 0.25) is 12.1 Å². The number of unbranched alkanes of at least 4 members (excludes halogenated alkanes) is 7. The van der Waals surface area contributed by atoms with Gasteiger partial charge in [0.1, 0.15) is 0 Å². The van der Waals surface area contributed by atoms with Crippen molar-refractivity contribution in [1.82, 2.24) is 9.80 Å². The molecule has 27 heavy (non-hydrogen) atoms. The quantitative estimate of drug-likeness (QED) is 0.169. The summed E-state index contributed by atoms with van der Waals surface area (Å²) in [6.45, 7) is 5.77. The molecule has 0 aliphatic heterocycles.